The number of hydrogen-bond acceptors (Lipinski definition) is 19. The first kappa shape index (κ1) is 81.8. The number of primary amides is 2. The van der Waals surface area contributed by atoms with Crippen molar-refractivity contribution in [1.82, 2.24) is 63.1 Å². The summed E-state index contributed by atoms with van der Waals surface area (Å²) in [6.07, 6.45) is 1.11. The number of aromatic hydroxyl groups is 1. The van der Waals surface area contributed by atoms with E-state index < -0.39 is 182 Å². The molecule has 4 aromatic rings. The average Bonchev–Trinajstić information content (AvgIpc) is 1.75. The van der Waals surface area contributed by atoms with E-state index >= 15 is 14.4 Å². The molecule has 105 heavy (non-hydrogen) atoms. The first-order valence-corrected chi connectivity index (χ1v) is 37.2. The number of aliphatic imine (C=N–C) groups is 1. The van der Waals surface area contributed by atoms with Crippen LogP contribution in [0.2, 0.25) is 0 Å². The predicted molar refractivity (Wildman–Crippen MR) is 389 cm³/mol. The maximum atomic E-state index is 15.3. The Morgan fingerprint density at radius 1 is 0.629 bits per heavy atom. The predicted octanol–water partition coefficient (Wildman–Crippen LogP) is -2.63. The van der Waals surface area contributed by atoms with Crippen LogP contribution in [0.4, 0.5) is 0 Å². The minimum Gasteiger partial charge on any atom is -0.508 e. The number of aromatic amines is 1. The van der Waals surface area contributed by atoms with E-state index in [9.17, 15) is 63.0 Å². The number of H-pyrrole nitrogens is 1. The van der Waals surface area contributed by atoms with E-state index in [1.165, 1.54) is 29.2 Å². The van der Waals surface area contributed by atoms with Gasteiger partial charge in [-0.05, 0) is 92.2 Å². The van der Waals surface area contributed by atoms with Gasteiger partial charge in [-0.15, -0.1) is 0 Å². The molecule has 0 unspecified atom stereocenters. The van der Waals surface area contributed by atoms with Gasteiger partial charge in [0.2, 0.25) is 76.8 Å². The molecule has 34 nitrogen and oxygen atoms in total. The molecule has 1 aliphatic carbocycles. The van der Waals surface area contributed by atoms with Crippen LogP contribution in [-0.2, 0) is 86.4 Å². The van der Waals surface area contributed by atoms with Gasteiger partial charge in [0.05, 0.1) is 0 Å². The van der Waals surface area contributed by atoms with Crippen molar-refractivity contribution in [3.63, 3.8) is 0 Å². The lowest BCUT2D eigenvalue weighted by atomic mass is 9.95. The number of nitrogens with zero attached hydrogens (tertiary/aromatic N) is 2. The van der Waals surface area contributed by atoms with Crippen LogP contribution in [0.15, 0.2) is 90.1 Å². The van der Waals surface area contributed by atoms with E-state index in [2.05, 4.69) is 63.1 Å². The highest BCUT2D eigenvalue weighted by molar-refractivity contribution is 8.76. The number of likely N-dealkylation sites (tertiary alicyclic amines) is 1. The summed E-state index contributed by atoms with van der Waals surface area (Å²) < 4.78 is 0. The second kappa shape index (κ2) is 41.1. The number of amides is 13. The highest BCUT2D eigenvalue weighted by Gasteiger charge is 2.40. The lowest BCUT2D eigenvalue weighted by Gasteiger charge is -2.30. The van der Waals surface area contributed by atoms with E-state index in [4.69, 9.17) is 28.7 Å². The molecule has 3 aromatic carbocycles. The van der Waals surface area contributed by atoms with Crippen LogP contribution >= 0.6 is 21.6 Å². The van der Waals surface area contributed by atoms with Gasteiger partial charge in [-0.25, -0.2) is 0 Å². The summed E-state index contributed by atoms with van der Waals surface area (Å²) in [5, 5.41) is 47.3. The Bertz CT molecular complexity index is 3760. The van der Waals surface area contributed by atoms with Crippen molar-refractivity contribution < 1.29 is 77.3 Å². The summed E-state index contributed by atoms with van der Waals surface area (Å²) in [6, 6.07) is 6.48. The minimum absolute atomic E-state index is 0.00820. The molecule has 1 aromatic heterocycles. The molecular weight excluding hydrogens is 1400 g/mol. The number of carbonyl (C=O) groups is 14. The number of carboxylic acids is 1. The quantitative estimate of drug-likeness (QED) is 0.0148. The zero-order chi connectivity index (χ0) is 76.1. The Morgan fingerprint density at radius 3 is 1.92 bits per heavy atom. The van der Waals surface area contributed by atoms with Crippen molar-refractivity contribution in [3.05, 3.63) is 102 Å². The second-order valence-electron chi connectivity index (χ2n) is 25.9. The third-order valence-corrected chi connectivity index (χ3v) is 20.5. The van der Waals surface area contributed by atoms with E-state index in [0.29, 0.717) is 59.7 Å². The molecule has 36 heteroatoms. The topological polar surface area (TPSA) is 561 Å². The average molecular weight is 1500 g/mol. The van der Waals surface area contributed by atoms with Crippen molar-refractivity contribution in [1.29, 1.82) is 0 Å². The molecule has 10 atom stereocenters. The second-order valence-corrected chi connectivity index (χ2v) is 28.4. The molecule has 23 N–H and O–H groups in total. The van der Waals surface area contributed by atoms with Crippen LogP contribution in [0.5, 0.6) is 5.75 Å². The Morgan fingerprint density at radius 2 is 1.25 bits per heavy atom. The maximum Gasteiger partial charge on any atom is 0.303 e. The lowest BCUT2D eigenvalue weighted by Crippen LogP contribution is -2.61. The molecule has 3 fully saturated rings. The summed E-state index contributed by atoms with van der Waals surface area (Å²) in [5.41, 5.74) is 30.5. The van der Waals surface area contributed by atoms with Crippen LogP contribution in [0, 0.1) is 5.92 Å². The van der Waals surface area contributed by atoms with Crippen molar-refractivity contribution in [2.45, 2.75) is 170 Å². The number of carboxylic acid groups (broad SMARTS) is 1. The van der Waals surface area contributed by atoms with E-state index in [1.54, 1.807) is 60.8 Å². The number of nitrogens with two attached hydrogens (primary N) is 5. The first-order valence-electron chi connectivity index (χ1n) is 34.7. The fourth-order valence-corrected chi connectivity index (χ4v) is 14.8. The molecule has 2 aliphatic heterocycles. The summed E-state index contributed by atoms with van der Waals surface area (Å²) in [4.78, 5) is 206. The zero-order valence-corrected chi connectivity index (χ0v) is 59.5. The number of nitrogens with one attached hydrogen (secondary N) is 11. The molecule has 0 radical (unpaired) electrons. The number of phenols is 1. The van der Waals surface area contributed by atoms with Crippen LogP contribution in [-0.4, -0.2) is 207 Å². The Labute approximate surface area is 613 Å². The van der Waals surface area contributed by atoms with Crippen LogP contribution in [0.25, 0.3) is 10.9 Å². The Kier molecular flexibility index (Phi) is 32.0. The third-order valence-electron chi connectivity index (χ3n) is 18.0. The number of fused-ring (bicyclic) bond motifs is 1. The van der Waals surface area contributed by atoms with Crippen LogP contribution < -0.4 is 81.8 Å². The number of carbonyl (C=O) groups excluding carboxylic acids is 13. The van der Waals surface area contributed by atoms with Gasteiger partial charge in [-0.2, -0.15) is 0 Å². The largest absolute Gasteiger partial charge is 0.508 e. The van der Waals surface area contributed by atoms with Gasteiger partial charge in [0.15, 0.2) is 5.96 Å². The molecule has 0 bridgehead atoms. The SMILES string of the molecule is NCCC(=O)N1CCC[C@H]1C(=O)N[C@@H](Cc1ccc(O)cc1)C(=O)N[C@H]1CSSC[C@H](C(N)=O)NC(=O)[C@H](CCC(=O)O)NC(=O)[C@H](Cc2c[nH]c3ccccc23)NC(=O)[C@H](CCC(N)=O)NC(=O)CCNC(=O)[C@H](CCCN=C(N)N)NC(=O)[C@H](Cc2ccccc2)NC(=O)[C@H](C2CCCC2)NC1=O. The highest BCUT2D eigenvalue weighted by Crippen LogP contribution is 2.30. The fraction of sp³-hybridized carbons (Fsp3) is 0.493. The molecule has 568 valence electrons. The van der Waals surface area contributed by atoms with Gasteiger partial charge in [-0.1, -0.05) is 95.1 Å². The minimum atomic E-state index is -1.73. The van der Waals surface area contributed by atoms with Crippen molar-refractivity contribution >= 4 is 121 Å². The first-order chi connectivity index (χ1) is 50.3. The number of aromatic nitrogens is 1. The van der Waals surface area contributed by atoms with E-state index in [-0.39, 0.29) is 93.7 Å². The number of hydrogen-bond donors (Lipinski definition) is 18. The number of rotatable bonds is 24. The number of guanidine groups is 1. The van der Waals surface area contributed by atoms with E-state index in [0.717, 1.165) is 21.6 Å². The molecule has 3 aliphatic rings. The smallest absolute Gasteiger partial charge is 0.303 e. The summed E-state index contributed by atoms with van der Waals surface area (Å²) in [7, 11) is 1.77. The maximum absolute atomic E-state index is 15.3. The van der Waals surface area contributed by atoms with Gasteiger partial charge in [-0.3, -0.25) is 72.1 Å². The van der Waals surface area contributed by atoms with Gasteiger partial charge in [0.25, 0.3) is 0 Å². The number of aliphatic carboxylic acids is 1. The molecule has 13 amide bonds. The number of phenolic OH excluding ortho intramolecular Hbond substituents is 1. The zero-order valence-electron chi connectivity index (χ0n) is 57.9. The van der Waals surface area contributed by atoms with Gasteiger partial charge >= 0.3 is 5.97 Å². The highest BCUT2D eigenvalue weighted by atomic mass is 33.1. The number of benzene rings is 3. The molecule has 3 heterocycles. The van der Waals surface area contributed by atoms with Gasteiger partial charge in [0, 0.05) is 99.7 Å². The molecular formula is C69H94N18O16S2. The van der Waals surface area contributed by atoms with Crippen molar-refractivity contribution in [2.75, 3.05) is 37.7 Å². The van der Waals surface area contributed by atoms with Crippen molar-refractivity contribution in [3.8, 4) is 5.75 Å². The van der Waals surface area contributed by atoms with Crippen molar-refractivity contribution in [2.24, 2.45) is 39.6 Å². The Balaban J connectivity index is 1.27. The molecule has 7 rings (SSSR count). The lowest BCUT2D eigenvalue weighted by molar-refractivity contribution is -0.139. The van der Waals surface area contributed by atoms with Crippen LogP contribution in [0.1, 0.15) is 107 Å². The molecule has 0 spiro atoms. The van der Waals surface area contributed by atoms with Gasteiger partial charge < -0.3 is 102 Å². The monoisotopic (exact) mass is 1490 g/mol. The normalized spacial score (nSPS) is 22.9. The molecule has 2 saturated heterocycles. The number of para-hydroxylation sites is 1. The molecule has 1 saturated carbocycles. The fourth-order valence-electron chi connectivity index (χ4n) is 12.5. The van der Waals surface area contributed by atoms with Crippen LogP contribution in [0.3, 0.4) is 0 Å². The summed E-state index contributed by atoms with van der Waals surface area (Å²) in [6.45, 7) is -0.135. The summed E-state index contributed by atoms with van der Waals surface area (Å²) >= 11 is 0. The third kappa shape index (κ3) is 26.0. The standard InChI is InChI=1S/C69H94N18O16S2/c70-28-26-56(91)87-31-9-17-53(87)67(102)82-48(33-39-18-20-42(88)21-19-39)64(99)85-52-37-105-104-36-51(59(72)94)84-62(97)47(23-25-57(92)93)80-65(100)50(34-41-35-77-44-15-7-6-14-43(41)44)81-61(96)46(22-24-54(71)89)78-55(90)27-30-75-60(95)45(16-8-29-76-69(73)74)79-63(98)49(32-38-10-2-1-3-11-38)83-68(103)58(86-66(52)101)40-12-4-5-13-40/h1-3,6-7,10-11,14-15,18-21,35,40,45-53,58,77,88H,4-5,8-9,12-13,16-17,22-34,36-37,70H2,(H2,71,89)(H2,72,94)(H,75,95)(H,78,90)(H,79,98)(H,80,100)(H,81,96)(H,82,102)(H,83,103)(H,84,97)(H,85,99)(H,86,101)(H,92,93)(H4,73,74,76)/t45-,46-,47-,48-,49-,50-,51+,52-,53-,58-/m0/s1. The van der Waals surface area contributed by atoms with Gasteiger partial charge in [0.1, 0.15) is 66.2 Å². The van der Waals surface area contributed by atoms with E-state index in [1.807, 2.05) is 0 Å². The Hall–Kier alpha value is -10.5. The summed E-state index contributed by atoms with van der Waals surface area (Å²) in [5.74, 6) is -14.4.